The van der Waals surface area contributed by atoms with Crippen molar-refractivity contribution in [3.05, 3.63) is 0 Å². The minimum absolute atomic E-state index is 0.00859. The molecule has 1 saturated heterocycles. The fourth-order valence-corrected chi connectivity index (χ4v) is 1.69. The van der Waals surface area contributed by atoms with Crippen molar-refractivity contribution >= 4 is 0 Å². The summed E-state index contributed by atoms with van der Waals surface area (Å²) in [4.78, 5) is 0. The van der Waals surface area contributed by atoms with Crippen LogP contribution >= 0.6 is 0 Å². The van der Waals surface area contributed by atoms with Crippen LogP contribution in [0, 0.1) is 5.92 Å². The van der Waals surface area contributed by atoms with Gasteiger partial charge >= 0.3 is 0 Å². The zero-order valence-electron chi connectivity index (χ0n) is 7.08. The van der Waals surface area contributed by atoms with Crippen molar-refractivity contribution in [3.8, 4) is 0 Å². The molecule has 1 aliphatic heterocycles. The standard InChI is InChI=1S/C8H16O3/c1-8(2)3-6(4-9)7(5-10)11-8/h6-7,9-10H,3-5H2,1-2H3/t6-,7-/m0/s1. The Labute approximate surface area is 67.0 Å². The Kier molecular flexibility index (Phi) is 2.52. The van der Waals surface area contributed by atoms with Crippen LogP contribution in [0.25, 0.3) is 0 Å². The Morgan fingerprint density at radius 3 is 2.36 bits per heavy atom. The Balaban J connectivity index is 2.55. The van der Waals surface area contributed by atoms with Crippen molar-refractivity contribution in [2.24, 2.45) is 5.92 Å². The van der Waals surface area contributed by atoms with Gasteiger partial charge in [-0.05, 0) is 20.3 Å². The van der Waals surface area contributed by atoms with Crippen LogP contribution in [0.1, 0.15) is 20.3 Å². The summed E-state index contributed by atoms with van der Waals surface area (Å²) in [6.07, 6.45) is 0.657. The molecule has 1 heterocycles. The van der Waals surface area contributed by atoms with Crippen LogP contribution in [0.3, 0.4) is 0 Å². The fraction of sp³-hybridized carbons (Fsp3) is 1.00. The number of rotatable bonds is 2. The van der Waals surface area contributed by atoms with Gasteiger partial charge in [-0.1, -0.05) is 0 Å². The van der Waals surface area contributed by atoms with Gasteiger partial charge in [-0.25, -0.2) is 0 Å². The van der Waals surface area contributed by atoms with E-state index in [1.54, 1.807) is 0 Å². The van der Waals surface area contributed by atoms with Crippen molar-refractivity contribution in [1.29, 1.82) is 0 Å². The molecule has 0 radical (unpaired) electrons. The highest BCUT2D eigenvalue weighted by Crippen LogP contribution is 2.33. The molecule has 0 unspecified atom stereocenters. The average Bonchev–Trinajstić information content (AvgIpc) is 2.25. The van der Waals surface area contributed by atoms with E-state index in [4.69, 9.17) is 14.9 Å². The lowest BCUT2D eigenvalue weighted by Gasteiger charge is -2.17. The van der Waals surface area contributed by atoms with Gasteiger partial charge in [-0.2, -0.15) is 0 Å². The van der Waals surface area contributed by atoms with E-state index in [1.807, 2.05) is 13.8 Å². The zero-order valence-corrected chi connectivity index (χ0v) is 7.08. The van der Waals surface area contributed by atoms with Crippen LogP contribution in [0.4, 0.5) is 0 Å². The Morgan fingerprint density at radius 1 is 1.36 bits per heavy atom. The maximum absolute atomic E-state index is 8.91. The van der Waals surface area contributed by atoms with E-state index in [1.165, 1.54) is 0 Å². The number of hydrogen-bond acceptors (Lipinski definition) is 3. The summed E-state index contributed by atoms with van der Waals surface area (Å²) in [6.45, 7) is 4.07. The smallest absolute Gasteiger partial charge is 0.0863 e. The molecule has 11 heavy (non-hydrogen) atoms. The topological polar surface area (TPSA) is 49.7 Å². The van der Waals surface area contributed by atoms with Crippen LogP contribution in [-0.4, -0.2) is 35.1 Å². The highest BCUT2D eigenvalue weighted by molar-refractivity contribution is 4.87. The molecule has 0 aromatic rings. The van der Waals surface area contributed by atoms with Gasteiger partial charge < -0.3 is 14.9 Å². The number of hydrogen-bond donors (Lipinski definition) is 2. The Hall–Kier alpha value is -0.120. The second-order valence-electron chi connectivity index (χ2n) is 3.75. The van der Waals surface area contributed by atoms with Crippen molar-refractivity contribution in [2.45, 2.75) is 32.0 Å². The quantitative estimate of drug-likeness (QED) is 0.604. The van der Waals surface area contributed by atoms with Gasteiger partial charge in [-0.3, -0.25) is 0 Å². The summed E-state index contributed by atoms with van der Waals surface area (Å²) in [5, 5.41) is 17.8. The molecular formula is C8H16O3. The average molecular weight is 160 g/mol. The predicted molar refractivity (Wildman–Crippen MR) is 41.2 cm³/mol. The molecule has 0 saturated carbocycles. The first-order valence-corrected chi connectivity index (χ1v) is 3.98. The van der Waals surface area contributed by atoms with Crippen LogP contribution in [-0.2, 0) is 4.74 Å². The van der Waals surface area contributed by atoms with Crippen molar-refractivity contribution in [3.63, 3.8) is 0 Å². The molecule has 1 fully saturated rings. The second-order valence-corrected chi connectivity index (χ2v) is 3.75. The normalized spacial score (nSPS) is 36.0. The molecule has 66 valence electrons. The number of ether oxygens (including phenoxy) is 1. The number of aliphatic hydroxyl groups is 2. The maximum atomic E-state index is 8.91. The van der Waals surface area contributed by atoms with E-state index in [0.717, 1.165) is 6.42 Å². The van der Waals surface area contributed by atoms with Crippen LogP contribution in [0.5, 0.6) is 0 Å². The van der Waals surface area contributed by atoms with Crippen molar-refractivity contribution in [2.75, 3.05) is 13.2 Å². The number of aliphatic hydroxyl groups excluding tert-OH is 2. The predicted octanol–water partition coefficient (Wildman–Crippen LogP) is 0.155. The molecule has 0 spiro atoms. The largest absolute Gasteiger partial charge is 0.396 e. The van der Waals surface area contributed by atoms with E-state index in [9.17, 15) is 0 Å². The first-order valence-electron chi connectivity index (χ1n) is 3.98. The molecule has 1 rings (SSSR count). The van der Waals surface area contributed by atoms with Crippen molar-refractivity contribution < 1.29 is 14.9 Å². The van der Waals surface area contributed by atoms with Crippen LogP contribution in [0.2, 0.25) is 0 Å². The lowest BCUT2D eigenvalue weighted by atomic mass is 9.95. The summed E-state index contributed by atoms with van der Waals surface area (Å²) < 4.78 is 5.49. The molecular weight excluding hydrogens is 144 g/mol. The van der Waals surface area contributed by atoms with E-state index in [0.29, 0.717) is 0 Å². The SMILES string of the molecule is CC1(C)C[C@@H](CO)[C@H](CO)O1. The Morgan fingerprint density at radius 2 is 2.00 bits per heavy atom. The molecule has 3 nitrogen and oxygen atoms in total. The molecule has 3 heteroatoms. The molecule has 0 amide bonds. The van der Waals surface area contributed by atoms with Crippen LogP contribution < -0.4 is 0 Å². The zero-order chi connectivity index (χ0) is 8.48. The lowest BCUT2D eigenvalue weighted by Crippen LogP contribution is -2.24. The van der Waals surface area contributed by atoms with Crippen LogP contribution in [0.15, 0.2) is 0 Å². The van der Waals surface area contributed by atoms with Gasteiger partial charge in [-0.15, -0.1) is 0 Å². The third-order valence-corrected chi connectivity index (χ3v) is 2.16. The highest BCUT2D eigenvalue weighted by Gasteiger charge is 2.39. The lowest BCUT2D eigenvalue weighted by molar-refractivity contribution is -0.0473. The molecule has 1 aliphatic rings. The third kappa shape index (κ3) is 1.92. The first-order chi connectivity index (χ1) is 5.09. The van der Waals surface area contributed by atoms with E-state index in [-0.39, 0.29) is 30.8 Å². The van der Waals surface area contributed by atoms with Crippen molar-refractivity contribution in [1.82, 2.24) is 0 Å². The first kappa shape index (κ1) is 8.97. The summed E-state index contributed by atoms with van der Waals surface area (Å²) in [7, 11) is 0. The monoisotopic (exact) mass is 160 g/mol. The van der Waals surface area contributed by atoms with Gasteiger partial charge in [0, 0.05) is 12.5 Å². The van der Waals surface area contributed by atoms with Gasteiger partial charge in [0.1, 0.15) is 0 Å². The van der Waals surface area contributed by atoms with E-state index >= 15 is 0 Å². The molecule has 0 aliphatic carbocycles. The molecule has 0 aromatic carbocycles. The fourth-order valence-electron chi connectivity index (χ4n) is 1.69. The highest BCUT2D eigenvalue weighted by atomic mass is 16.5. The summed E-state index contributed by atoms with van der Waals surface area (Å²) >= 11 is 0. The van der Waals surface area contributed by atoms with Gasteiger partial charge in [0.2, 0.25) is 0 Å². The molecule has 2 N–H and O–H groups in total. The summed E-state index contributed by atoms with van der Waals surface area (Å²) in [5.41, 5.74) is -0.180. The van der Waals surface area contributed by atoms with Gasteiger partial charge in [0.15, 0.2) is 0 Å². The maximum Gasteiger partial charge on any atom is 0.0863 e. The molecule has 0 aromatic heterocycles. The second kappa shape index (κ2) is 3.09. The third-order valence-electron chi connectivity index (χ3n) is 2.16. The van der Waals surface area contributed by atoms with Gasteiger partial charge in [0.25, 0.3) is 0 Å². The van der Waals surface area contributed by atoms with E-state index < -0.39 is 0 Å². The Bertz CT molecular complexity index is 119. The molecule has 2 atom stereocenters. The van der Waals surface area contributed by atoms with E-state index in [2.05, 4.69) is 0 Å². The molecule has 0 bridgehead atoms. The minimum atomic E-state index is -0.180. The summed E-state index contributed by atoms with van der Waals surface area (Å²) in [5.74, 6) is 0.106. The van der Waals surface area contributed by atoms with Gasteiger partial charge in [0.05, 0.1) is 18.3 Å². The summed E-state index contributed by atoms with van der Waals surface area (Å²) in [6, 6.07) is 0. The minimum Gasteiger partial charge on any atom is -0.396 e.